The van der Waals surface area contributed by atoms with E-state index in [1.807, 2.05) is 38.1 Å². The Morgan fingerprint density at radius 1 is 1.40 bits per heavy atom. The number of nitrogens with one attached hydrogen (secondary N) is 1. The molecule has 1 aromatic rings. The van der Waals surface area contributed by atoms with E-state index in [9.17, 15) is 4.79 Å². The van der Waals surface area contributed by atoms with Crippen LogP contribution in [0.3, 0.4) is 0 Å². The van der Waals surface area contributed by atoms with Gasteiger partial charge in [-0.3, -0.25) is 4.79 Å². The Labute approximate surface area is 91.0 Å². The summed E-state index contributed by atoms with van der Waals surface area (Å²) in [5.74, 6) is 0.0455. The van der Waals surface area contributed by atoms with E-state index in [-0.39, 0.29) is 5.91 Å². The molecule has 0 saturated carbocycles. The molecular formula is C13H17NO. The highest BCUT2D eigenvalue weighted by Crippen LogP contribution is 2.18. The third kappa shape index (κ3) is 3.58. The van der Waals surface area contributed by atoms with Gasteiger partial charge in [0.15, 0.2) is 0 Å². The first-order chi connectivity index (χ1) is 7.13. The van der Waals surface area contributed by atoms with E-state index in [1.54, 1.807) is 0 Å². The van der Waals surface area contributed by atoms with Gasteiger partial charge >= 0.3 is 0 Å². The molecule has 0 radical (unpaired) electrons. The van der Waals surface area contributed by atoms with Crippen LogP contribution in [0.25, 0.3) is 0 Å². The maximum absolute atomic E-state index is 11.3. The minimum Gasteiger partial charge on any atom is -0.326 e. The van der Waals surface area contributed by atoms with Crippen LogP contribution >= 0.6 is 0 Å². The molecule has 2 nitrogen and oxygen atoms in total. The summed E-state index contributed by atoms with van der Waals surface area (Å²) in [5, 5.41) is 2.89. The summed E-state index contributed by atoms with van der Waals surface area (Å²) in [7, 11) is 0. The standard InChI is InChI=1S/C13H17NO/c1-4-13(15)14-12-8-6-5-7-11(12)9-10(2)3/h5-8H,2,4,9H2,1,3H3,(H,14,15). The van der Waals surface area contributed by atoms with Gasteiger partial charge in [0.1, 0.15) is 0 Å². The lowest BCUT2D eigenvalue weighted by Crippen LogP contribution is -2.11. The minimum atomic E-state index is 0.0455. The lowest BCUT2D eigenvalue weighted by Gasteiger charge is -2.10. The zero-order chi connectivity index (χ0) is 11.3. The van der Waals surface area contributed by atoms with Gasteiger partial charge in [0.2, 0.25) is 5.91 Å². The van der Waals surface area contributed by atoms with Gasteiger partial charge in [-0.25, -0.2) is 0 Å². The Kier molecular flexibility index (Phi) is 4.10. The van der Waals surface area contributed by atoms with Crippen LogP contribution in [0.4, 0.5) is 5.69 Å². The van der Waals surface area contributed by atoms with Gasteiger partial charge in [-0.05, 0) is 25.0 Å². The molecule has 0 aromatic heterocycles. The molecule has 1 rings (SSSR count). The van der Waals surface area contributed by atoms with Gasteiger partial charge in [0.05, 0.1) is 0 Å². The molecule has 1 amide bonds. The highest BCUT2D eigenvalue weighted by Gasteiger charge is 2.04. The molecule has 1 aromatic carbocycles. The van der Waals surface area contributed by atoms with Gasteiger partial charge in [-0.15, -0.1) is 0 Å². The van der Waals surface area contributed by atoms with Gasteiger partial charge in [-0.2, -0.15) is 0 Å². The highest BCUT2D eigenvalue weighted by molar-refractivity contribution is 5.91. The smallest absolute Gasteiger partial charge is 0.224 e. The SMILES string of the molecule is C=C(C)Cc1ccccc1NC(=O)CC. The van der Waals surface area contributed by atoms with Crippen LogP contribution in [0.15, 0.2) is 36.4 Å². The largest absolute Gasteiger partial charge is 0.326 e. The molecule has 0 aliphatic rings. The average molecular weight is 203 g/mol. The molecule has 0 fully saturated rings. The van der Waals surface area contributed by atoms with E-state index < -0.39 is 0 Å². The zero-order valence-corrected chi connectivity index (χ0v) is 9.34. The summed E-state index contributed by atoms with van der Waals surface area (Å²) in [6.07, 6.45) is 1.31. The van der Waals surface area contributed by atoms with Crippen LogP contribution in [-0.2, 0) is 11.2 Å². The molecule has 0 heterocycles. The van der Waals surface area contributed by atoms with Crippen molar-refractivity contribution in [2.24, 2.45) is 0 Å². The van der Waals surface area contributed by atoms with Crippen molar-refractivity contribution in [2.75, 3.05) is 5.32 Å². The zero-order valence-electron chi connectivity index (χ0n) is 9.34. The molecule has 0 saturated heterocycles. The second-order valence-electron chi connectivity index (χ2n) is 3.69. The predicted octanol–water partition coefficient (Wildman–Crippen LogP) is 3.15. The molecule has 0 bridgehead atoms. The number of amides is 1. The quantitative estimate of drug-likeness (QED) is 0.748. The fourth-order valence-corrected chi connectivity index (χ4v) is 1.36. The number of hydrogen-bond acceptors (Lipinski definition) is 1. The molecule has 15 heavy (non-hydrogen) atoms. The topological polar surface area (TPSA) is 29.1 Å². The maximum Gasteiger partial charge on any atom is 0.224 e. The van der Waals surface area contributed by atoms with Gasteiger partial charge in [-0.1, -0.05) is 37.3 Å². The third-order valence-corrected chi connectivity index (χ3v) is 2.10. The van der Waals surface area contributed by atoms with Crippen molar-refractivity contribution in [1.29, 1.82) is 0 Å². The van der Waals surface area contributed by atoms with Crippen molar-refractivity contribution in [3.8, 4) is 0 Å². The van der Waals surface area contributed by atoms with E-state index in [1.165, 1.54) is 0 Å². The van der Waals surface area contributed by atoms with Crippen LogP contribution in [0, 0.1) is 0 Å². The first kappa shape index (κ1) is 11.5. The van der Waals surface area contributed by atoms with Crippen LogP contribution in [-0.4, -0.2) is 5.91 Å². The fraction of sp³-hybridized carbons (Fsp3) is 0.308. The van der Waals surface area contributed by atoms with Crippen LogP contribution in [0.5, 0.6) is 0 Å². The number of para-hydroxylation sites is 1. The second kappa shape index (κ2) is 5.35. The summed E-state index contributed by atoms with van der Waals surface area (Å²) in [5.41, 5.74) is 3.10. The number of benzene rings is 1. The first-order valence-electron chi connectivity index (χ1n) is 5.15. The normalized spacial score (nSPS) is 9.73. The monoisotopic (exact) mass is 203 g/mol. The van der Waals surface area contributed by atoms with Crippen molar-refractivity contribution in [3.63, 3.8) is 0 Å². The van der Waals surface area contributed by atoms with E-state index in [2.05, 4.69) is 11.9 Å². The first-order valence-corrected chi connectivity index (χ1v) is 5.15. The number of rotatable bonds is 4. The fourth-order valence-electron chi connectivity index (χ4n) is 1.36. The van der Waals surface area contributed by atoms with Gasteiger partial charge in [0.25, 0.3) is 0 Å². The number of carbonyl (C=O) groups excluding carboxylic acids is 1. The summed E-state index contributed by atoms with van der Waals surface area (Å²) in [6.45, 7) is 7.71. The molecule has 0 aliphatic heterocycles. The van der Waals surface area contributed by atoms with Gasteiger partial charge in [0, 0.05) is 12.1 Å². The second-order valence-corrected chi connectivity index (χ2v) is 3.69. The Hall–Kier alpha value is -1.57. The molecule has 2 heteroatoms. The molecule has 0 unspecified atom stereocenters. The Morgan fingerprint density at radius 3 is 2.67 bits per heavy atom. The third-order valence-electron chi connectivity index (χ3n) is 2.10. The summed E-state index contributed by atoms with van der Waals surface area (Å²) < 4.78 is 0. The molecular weight excluding hydrogens is 186 g/mol. The number of carbonyl (C=O) groups is 1. The summed E-state index contributed by atoms with van der Waals surface area (Å²) in [4.78, 5) is 11.3. The average Bonchev–Trinajstić information content (AvgIpc) is 2.20. The molecule has 0 atom stereocenters. The predicted molar refractivity (Wildman–Crippen MR) is 63.9 cm³/mol. The van der Waals surface area contributed by atoms with Crippen LogP contribution < -0.4 is 5.32 Å². The number of allylic oxidation sites excluding steroid dienone is 1. The summed E-state index contributed by atoms with van der Waals surface area (Å²) in [6, 6.07) is 7.83. The van der Waals surface area contributed by atoms with E-state index in [0.717, 1.165) is 23.2 Å². The van der Waals surface area contributed by atoms with E-state index in [4.69, 9.17) is 0 Å². The Balaban J connectivity index is 2.85. The van der Waals surface area contributed by atoms with Crippen molar-refractivity contribution in [3.05, 3.63) is 42.0 Å². The number of hydrogen-bond donors (Lipinski definition) is 1. The lowest BCUT2D eigenvalue weighted by molar-refractivity contribution is -0.115. The Morgan fingerprint density at radius 2 is 2.07 bits per heavy atom. The van der Waals surface area contributed by atoms with Crippen LogP contribution in [0.1, 0.15) is 25.8 Å². The van der Waals surface area contributed by atoms with E-state index >= 15 is 0 Å². The molecule has 0 spiro atoms. The van der Waals surface area contributed by atoms with E-state index in [0.29, 0.717) is 6.42 Å². The number of anilines is 1. The van der Waals surface area contributed by atoms with Crippen molar-refractivity contribution in [1.82, 2.24) is 0 Å². The lowest BCUT2D eigenvalue weighted by atomic mass is 10.1. The molecule has 0 aliphatic carbocycles. The van der Waals surface area contributed by atoms with Crippen molar-refractivity contribution < 1.29 is 4.79 Å². The maximum atomic E-state index is 11.3. The van der Waals surface area contributed by atoms with Crippen molar-refractivity contribution >= 4 is 11.6 Å². The minimum absolute atomic E-state index is 0.0455. The van der Waals surface area contributed by atoms with Crippen LogP contribution in [0.2, 0.25) is 0 Å². The highest BCUT2D eigenvalue weighted by atomic mass is 16.1. The molecule has 1 N–H and O–H groups in total. The van der Waals surface area contributed by atoms with Crippen molar-refractivity contribution in [2.45, 2.75) is 26.7 Å². The van der Waals surface area contributed by atoms with Gasteiger partial charge < -0.3 is 5.32 Å². The Bertz CT molecular complexity index is 369. The molecule has 80 valence electrons. The summed E-state index contributed by atoms with van der Waals surface area (Å²) >= 11 is 0.